The monoisotopic (exact) mass is 289 g/mol. The highest BCUT2D eigenvalue weighted by molar-refractivity contribution is 6.32. The summed E-state index contributed by atoms with van der Waals surface area (Å²) < 4.78 is 6.04. The van der Waals surface area contributed by atoms with Crippen LogP contribution in [-0.4, -0.2) is 6.04 Å². The maximum atomic E-state index is 6.28. The Morgan fingerprint density at radius 3 is 2.60 bits per heavy atom. The largest absolute Gasteiger partial charge is 0.455 e. The van der Waals surface area contributed by atoms with Crippen LogP contribution in [0.4, 0.5) is 0 Å². The topological polar surface area (TPSA) is 35.2 Å². The van der Waals surface area contributed by atoms with Crippen molar-refractivity contribution in [3.05, 3.63) is 58.1 Å². The number of hydrogen-bond acceptors (Lipinski definition) is 2. The molecule has 106 valence electrons. The standard InChI is InChI=1S/C17H20ClNO/c1-11-7-8-16(12(2)9-11)20-17-14(10-13(3)19)5-4-6-15(17)18/h4-9,13H,10,19H2,1-3H3. The molecule has 1 unspecified atom stereocenters. The van der Waals surface area contributed by atoms with Gasteiger partial charge in [-0.1, -0.05) is 41.4 Å². The van der Waals surface area contributed by atoms with Gasteiger partial charge in [-0.2, -0.15) is 0 Å². The Labute approximate surface area is 125 Å². The predicted molar refractivity (Wildman–Crippen MR) is 84.8 cm³/mol. The summed E-state index contributed by atoms with van der Waals surface area (Å²) in [5.74, 6) is 1.54. The third kappa shape index (κ3) is 3.53. The van der Waals surface area contributed by atoms with Crippen molar-refractivity contribution in [2.24, 2.45) is 5.73 Å². The van der Waals surface area contributed by atoms with Crippen LogP contribution in [0, 0.1) is 13.8 Å². The Morgan fingerprint density at radius 2 is 1.95 bits per heavy atom. The normalized spacial score (nSPS) is 12.2. The maximum absolute atomic E-state index is 6.28. The highest BCUT2D eigenvalue weighted by atomic mass is 35.5. The molecule has 0 aliphatic carbocycles. The minimum atomic E-state index is 0.0648. The van der Waals surface area contributed by atoms with E-state index < -0.39 is 0 Å². The fraction of sp³-hybridized carbons (Fsp3) is 0.294. The van der Waals surface area contributed by atoms with Crippen molar-refractivity contribution >= 4 is 11.6 Å². The second-order valence-electron chi connectivity index (χ2n) is 5.28. The van der Waals surface area contributed by atoms with Crippen LogP contribution < -0.4 is 10.5 Å². The van der Waals surface area contributed by atoms with E-state index in [1.807, 2.05) is 44.2 Å². The van der Waals surface area contributed by atoms with Gasteiger partial charge in [-0.3, -0.25) is 0 Å². The van der Waals surface area contributed by atoms with Crippen molar-refractivity contribution in [2.75, 3.05) is 0 Å². The molecule has 0 aliphatic heterocycles. The van der Waals surface area contributed by atoms with Crippen molar-refractivity contribution in [1.82, 2.24) is 0 Å². The molecule has 0 bridgehead atoms. The number of aryl methyl sites for hydroxylation is 2. The number of benzene rings is 2. The lowest BCUT2D eigenvalue weighted by atomic mass is 10.1. The van der Waals surface area contributed by atoms with E-state index in [0.717, 1.165) is 23.3 Å². The van der Waals surface area contributed by atoms with E-state index >= 15 is 0 Å². The van der Waals surface area contributed by atoms with Gasteiger partial charge < -0.3 is 10.5 Å². The zero-order chi connectivity index (χ0) is 14.7. The molecule has 0 fully saturated rings. The van der Waals surface area contributed by atoms with Crippen molar-refractivity contribution in [2.45, 2.75) is 33.2 Å². The van der Waals surface area contributed by atoms with E-state index in [1.54, 1.807) is 0 Å². The fourth-order valence-corrected chi connectivity index (χ4v) is 2.43. The lowest BCUT2D eigenvalue weighted by Crippen LogP contribution is -2.18. The zero-order valence-electron chi connectivity index (χ0n) is 12.1. The van der Waals surface area contributed by atoms with Gasteiger partial charge in [-0.05, 0) is 50.5 Å². The van der Waals surface area contributed by atoms with Crippen molar-refractivity contribution < 1.29 is 4.74 Å². The van der Waals surface area contributed by atoms with Crippen molar-refractivity contribution in [3.8, 4) is 11.5 Å². The Morgan fingerprint density at radius 1 is 1.20 bits per heavy atom. The van der Waals surface area contributed by atoms with E-state index in [9.17, 15) is 0 Å². The molecular weight excluding hydrogens is 270 g/mol. The lowest BCUT2D eigenvalue weighted by Gasteiger charge is -2.16. The highest BCUT2D eigenvalue weighted by Crippen LogP contribution is 2.35. The summed E-state index contributed by atoms with van der Waals surface area (Å²) in [6, 6.07) is 11.9. The van der Waals surface area contributed by atoms with Crippen molar-refractivity contribution in [1.29, 1.82) is 0 Å². The molecule has 2 aromatic rings. The summed E-state index contributed by atoms with van der Waals surface area (Å²) in [4.78, 5) is 0. The number of para-hydroxylation sites is 1. The van der Waals surface area contributed by atoms with Crippen LogP contribution in [0.25, 0.3) is 0 Å². The third-order valence-corrected chi connectivity index (χ3v) is 3.43. The van der Waals surface area contributed by atoms with Crippen LogP contribution >= 0.6 is 11.6 Å². The van der Waals surface area contributed by atoms with E-state index in [-0.39, 0.29) is 6.04 Å². The number of ether oxygens (including phenoxy) is 1. The average molecular weight is 290 g/mol. The maximum Gasteiger partial charge on any atom is 0.149 e. The molecule has 0 aromatic heterocycles. The molecule has 2 nitrogen and oxygen atoms in total. The smallest absolute Gasteiger partial charge is 0.149 e. The van der Waals surface area contributed by atoms with Crippen LogP contribution in [0.1, 0.15) is 23.6 Å². The summed E-state index contributed by atoms with van der Waals surface area (Å²) in [6.45, 7) is 6.07. The van der Waals surface area contributed by atoms with E-state index in [4.69, 9.17) is 22.1 Å². The molecule has 2 N–H and O–H groups in total. The first-order chi connectivity index (χ1) is 9.47. The summed E-state index contributed by atoms with van der Waals surface area (Å²) in [5, 5.41) is 0.614. The molecular formula is C17H20ClNO. The first-order valence-corrected chi connectivity index (χ1v) is 7.13. The first-order valence-electron chi connectivity index (χ1n) is 6.75. The first kappa shape index (κ1) is 14.9. The Balaban J connectivity index is 2.37. The number of rotatable bonds is 4. The van der Waals surface area contributed by atoms with Gasteiger partial charge in [0, 0.05) is 6.04 Å². The van der Waals surface area contributed by atoms with E-state index in [1.165, 1.54) is 5.56 Å². The van der Waals surface area contributed by atoms with Crippen LogP contribution in [0.15, 0.2) is 36.4 Å². The van der Waals surface area contributed by atoms with Gasteiger partial charge >= 0.3 is 0 Å². The summed E-state index contributed by atoms with van der Waals surface area (Å²) in [6.07, 6.45) is 0.737. The number of halogens is 1. The Bertz CT molecular complexity index is 608. The van der Waals surface area contributed by atoms with Gasteiger partial charge in [0.1, 0.15) is 11.5 Å². The second-order valence-corrected chi connectivity index (χ2v) is 5.69. The van der Waals surface area contributed by atoms with Crippen LogP contribution in [0.3, 0.4) is 0 Å². The highest BCUT2D eigenvalue weighted by Gasteiger charge is 2.12. The molecule has 0 heterocycles. The SMILES string of the molecule is Cc1ccc(Oc2c(Cl)cccc2CC(C)N)c(C)c1. The summed E-state index contributed by atoms with van der Waals surface area (Å²) >= 11 is 6.28. The van der Waals surface area contributed by atoms with Gasteiger partial charge in [-0.25, -0.2) is 0 Å². The molecule has 2 rings (SSSR count). The van der Waals surface area contributed by atoms with Gasteiger partial charge in [0.05, 0.1) is 5.02 Å². The van der Waals surface area contributed by atoms with E-state index in [0.29, 0.717) is 10.8 Å². The molecule has 1 atom stereocenters. The predicted octanol–water partition coefficient (Wildman–Crippen LogP) is 4.64. The third-order valence-electron chi connectivity index (χ3n) is 3.13. The molecule has 0 amide bonds. The quantitative estimate of drug-likeness (QED) is 0.890. The molecule has 0 radical (unpaired) electrons. The molecule has 0 spiro atoms. The van der Waals surface area contributed by atoms with Gasteiger partial charge in [0.25, 0.3) is 0 Å². The van der Waals surface area contributed by atoms with Gasteiger partial charge in [0.15, 0.2) is 0 Å². The fourth-order valence-electron chi connectivity index (χ4n) is 2.20. The molecule has 20 heavy (non-hydrogen) atoms. The molecule has 0 saturated carbocycles. The number of hydrogen-bond donors (Lipinski definition) is 1. The van der Waals surface area contributed by atoms with Gasteiger partial charge in [0.2, 0.25) is 0 Å². The van der Waals surface area contributed by atoms with Crippen LogP contribution in [0.5, 0.6) is 11.5 Å². The molecule has 3 heteroatoms. The minimum absolute atomic E-state index is 0.0648. The zero-order valence-corrected chi connectivity index (χ0v) is 12.9. The van der Waals surface area contributed by atoms with E-state index in [2.05, 4.69) is 13.0 Å². The van der Waals surface area contributed by atoms with Crippen LogP contribution in [0.2, 0.25) is 5.02 Å². The van der Waals surface area contributed by atoms with Gasteiger partial charge in [-0.15, -0.1) is 0 Å². The lowest BCUT2D eigenvalue weighted by molar-refractivity contribution is 0.470. The second kappa shape index (κ2) is 6.29. The summed E-state index contributed by atoms with van der Waals surface area (Å²) in [7, 11) is 0. The van der Waals surface area contributed by atoms with Crippen molar-refractivity contribution in [3.63, 3.8) is 0 Å². The molecule has 0 saturated heterocycles. The Kier molecular flexibility index (Phi) is 4.69. The minimum Gasteiger partial charge on any atom is -0.455 e. The molecule has 0 aliphatic rings. The molecule has 2 aromatic carbocycles. The average Bonchev–Trinajstić information content (AvgIpc) is 2.35. The Hall–Kier alpha value is -1.51. The van der Waals surface area contributed by atoms with Crippen LogP contribution in [-0.2, 0) is 6.42 Å². The summed E-state index contributed by atoms with van der Waals surface area (Å²) in [5.41, 5.74) is 9.23. The number of nitrogens with two attached hydrogens (primary N) is 1.